The fourth-order valence-corrected chi connectivity index (χ4v) is 2.88. The molecule has 3 rings (SSSR count). The van der Waals surface area contributed by atoms with Crippen LogP contribution in [0.5, 0.6) is 0 Å². The standard InChI is InChI=1S/C14H14Cl2N4/c1-19-10(5-7-17-19)6-8-20-13(9-15)18-12-4-2-3-11(16)14(12)20/h2-5,7H,6,8-9H2,1H3. The fourth-order valence-electron chi connectivity index (χ4n) is 2.41. The summed E-state index contributed by atoms with van der Waals surface area (Å²) in [6.45, 7) is 0.780. The van der Waals surface area contributed by atoms with Crippen molar-refractivity contribution >= 4 is 34.2 Å². The van der Waals surface area contributed by atoms with E-state index < -0.39 is 0 Å². The quantitative estimate of drug-likeness (QED) is 0.692. The van der Waals surface area contributed by atoms with Crippen LogP contribution in [0.15, 0.2) is 30.5 Å². The lowest BCUT2D eigenvalue weighted by Gasteiger charge is -2.09. The molecule has 2 aromatic heterocycles. The Kier molecular flexibility index (Phi) is 3.68. The Morgan fingerprint density at radius 2 is 2.10 bits per heavy atom. The summed E-state index contributed by atoms with van der Waals surface area (Å²) in [5, 5.41) is 4.88. The van der Waals surface area contributed by atoms with Crippen LogP contribution in [0.4, 0.5) is 0 Å². The van der Waals surface area contributed by atoms with Gasteiger partial charge in [0.1, 0.15) is 5.82 Å². The first kappa shape index (κ1) is 13.5. The van der Waals surface area contributed by atoms with Crippen LogP contribution in [0.2, 0.25) is 5.02 Å². The lowest BCUT2D eigenvalue weighted by atomic mass is 10.3. The molecule has 0 N–H and O–H groups in total. The zero-order valence-electron chi connectivity index (χ0n) is 11.1. The number of rotatable bonds is 4. The smallest absolute Gasteiger partial charge is 0.124 e. The number of aromatic nitrogens is 4. The Morgan fingerprint density at radius 3 is 2.80 bits per heavy atom. The Labute approximate surface area is 126 Å². The van der Waals surface area contributed by atoms with Gasteiger partial charge in [-0.3, -0.25) is 4.68 Å². The molecule has 0 spiro atoms. The maximum Gasteiger partial charge on any atom is 0.124 e. The highest BCUT2D eigenvalue weighted by molar-refractivity contribution is 6.35. The zero-order chi connectivity index (χ0) is 14.1. The van der Waals surface area contributed by atoms with Crippen molar-refractivity contribution in [3.8, 4) is 0 Å². The predicted octanol–water partition coefficient (Wildman–Crippen LogP) is 3.40. The van der Waals surface area contributed by atoms with E-state index in [1.807, 2.05) is 36.0 Å². The molecule has 0 fully saturated rings. The van der Waals surface area contributed by atoms with Crippen molar-refractivity contribution in [2.45, 2.75) is 18.8 Å². The number of para-hydroxylation sites is 1. The SMILES string of the molecule is Cn1nccc1CCn1c(CCl)nc2cccc(Cl)c21. The normalized spacial score (nSPS) is 11.3. The van der Waals surface area contributed by atoms with Gasteiger partial charge in [-0.25, -0.2) is 4.98 Å². The van der Waals surface area contributed by atoms with Gasteiger partial charge >= 0.3 is 0 Å². The van der Waals surface area contributed by atoms with E-state index >= 15 is 0 Å². The van der Waals surface area contributed by atoms with Crippen molar-refractivity contribution in [3.05, 3.63) is 47.0 Å². The molecule has 6 heteroatoms. The Hall–Kier alpha value is -1.52. The van der Waals surface area contributed by atoms with E-state index in [0.717, 1.165) is 29.8 Å². The summed E-state index contributed by atoms with van der Waals surface area (Å²) in [7, 11) is 1.94. The minimum absolute atomic E-state index is 0.371. The van der Waals surface area contributed by atoms with E-state index in [1.165, 1.54) is 5.69 Å². The van der Waals surface area contributed by atoms with Crippen molar-refractivity contribution in [2.24, 2.45) is 7.05 Å². The summed E-state index contributed by atoms with van der Waals surface area (Å²) in [4.78, 5) is 4.54. The molecule has 0 saturated carbocycles. The van der Waals surface area contributed by atoms with Gasteiger partial charge in [0, 0.05) is 31.9 Å². The molecule has 20 heavy (non-hydrogen) atoms. The van der Waals surface area contributed by atoms with Gasteiger partial charge in [-0.15, -0.1) is 11.6 Å². The van der Waals surface area contributed by atoms with Gasteiger partial charge in [0.05, 0.1) is 21.9 Å². The lowest BCUT2D eigenvalue weighted by molar-refractivity contribution is 0.634. The molecule has 1 aromatic carbocycles. The second-order valence-corrected chi connectivity index (χ2v) is 5.29. The van der Waals surface area contributed by atoms with Crippen LogP contribution in [0, 0.1) is 0 Å². The van der Waals surface area contributed by atoms with Crippen LogP contribution < -0.4 is 0 Å². The molecule has 0 aliphatic carbocycles. The van der Waals surface area contributed by atoms with E-state index in [9.17, 15) is 0 Å². The van der Waals surface area contributed by atoms with Gasteiger partial charge in [0.2, 0.25) is 0 Å². The first-order valence-electron chi connectivity index (χ1n) is 6.37. The molecule has 0 aliphatic rings. The molecule has 0 amide bonds. The number of aryl methyl sites for hydroxylation is 3. The largest absolute Gasteiger partial charge is 0.325 e. The summed E-state index contributed by atoms with van der Waals surface area (Å²) < 4.78 is 3.97. The van der Waals surface area contributed by atoms with Crippen LogP contribution in [0.1, 0.15) is 11.5 Å². The molecule has 3 aromatic rings. The minimum Gasteiger partial charge on any atom is -0.325 e. The van der Waals surface area contributed by atoms with Crippen LogP contribution in [0.25, 0.3) is 11.0 Å². The number of alkyl halides is 1. The van der Waals surface area contributed by atoms with Crippen LogP contribution in [-0.4, -0.2) is 19.3 Å². The first-order chi connectivity index (χ1) is 9.70. The number of nitrogens with zero attached hydrogens (tertiary/aromatic N) is 4. The Morgan fingerprint density at radius 1 is 1.25 bits per heavy atom. The summed E-state index contributed by atoms with van der Waals surface area (Å²) in [6, 6.07) is 7.75. The number of fused-ring (bicyclic) bond motifs is 1. The number of halogens is 2. The molecule has 0 radical (unpaired) electrons. The second-order valence-electron chi connectivity index (χ2n) is 4.62. The molecule has 4 nitrogen and oxygen atoms in total. The number of hydrogen-bond acceptors (Lipinski definition) is 2. The molecular weight excluding hydrogens is 295 g/mol. The van der Waals surface area contributed by atoms with Crippen LogP contribution in [-0.2, 0) is 25.9 Å². The Balaban J connectivity index is 1.99. The topological polar surface area (TPSA) is 35.6 Å². The van der Waals surface area contributed by atoms with Crippen molar-refractivity contribution in [2.75, 3.05) is 0 Å². The zero-order valence-corrected chi connectivity index (χ0v) is 12.6. The molecule has 0 atom stereocenters. The van der Waals surface area contributed by atoms with Gasteiger partial charge < -0.3 is 4.57 Å². The van der Waals surface area contributed by atoms with E-state index in [1.54, 1.807) is 6.20 Å². The average Bonchev–Trinajstić information content (AvgIpc) is 3.00. The van der Waals surface area contributed by atoms with Gasteiger partial charge in [0.25, 0.3) is 0 Å². The van der Waals surface area contributed by atoms with Gasteiger partial charge in [-0.2, -0.15) is 5.10 Å². The van der Waals surface area contributed by atoms with Crippen molar-refractivity contribution in [1.29, 1.82) is 0 Å². The molecular formula is C14H14Cl2N4. The Bertz CT molecular complexity index is 745. The minimum atomic E-state index is 0.371. The van der Waals surface area contributed by atoms with Crippen molar-refractivity contribution < 1.29 is 0 Å². The molecule has 104 valence electrons. The maximum atomic E-state index is 6.30. The highest BCUT2D eigenvalue weighted by Crippen LogP contribution is 2.25. The van der Waals surface area contributed by atoms with Gasteiger partial charge in [-0.05, 0) is 18.2 Å². The summed E-state index contributed by atoms with van der Waals surface area (Å²) in [5.41, 5.74) is 3.00. The second kappa shape index (κ2) is 5.46. The summed E-state index contributed by atoms with van der Waals surface area (Å²) in [5.74, 6) is 1.22. The lowest BCUT2D eigenvalue weighted by Crippen LogP contribution is -2.08. The fraction of sp³-hybridized carbons (Fsp3) is 0.286. The van der Waals surface area contributed by atoms with Crippen molar-refractivity contribution in [3.63, 3.8) is 0 Å². The molecule has 0 bridgehead atoms. The number of imidazole rings is 1. The van der Waals surface area contributed by atoms with Gasteiger partial charge in [-0.1, -0.05) is 17.7 Å². The van der Waals surface area contributed by atoms with E-state index in [0.29, 0.717) is 10.9 Å². The highest BCUT2D eigenvalue weighted by atomic mass is 35.5. The van der Waals surface area contributed by atoms with Gasteiger partial charge in [0.15, 0.2) is 0 Å². The average molecular weight is 309 g/mol. The maximum absolute atomic E-state index is 6.30. The third-order valence-electron chi connectivity index (χ3n) is 3.43. The summed E-state index contributed by atoms with van der Waals surface area (Å²) >= 11 is 12.3. The molecule has 2 heterocycles. The molecule has 0 unspecified atom stereocenters. The molecule has 0 saturated heterocycles. The summed E-state index contributed by atoms with van der Waals surface area (Å²) in [6.07, 6.45) is 2.66. The highest BCUT2D eigenvalue weighted by Gasteiger charge is 2.13. The van der Waals surface area contributed by atoms with Crippen molar-refractivity contribution in [1.82, 2.24) is 19.3 Å². The van der Waals surface area contributed by atoms with Crippen LogP contribution >= 0.6 is 23.2 Å². The number of benzene rings is 1. The first-order valence-corrected chi connectivity index (χ1v) is 7.28. The predicted molar refractivity (Wildman–Crippen MR) is 81.2 cm³/mol. The van der Waals surface area contributed by atoms with Crippen LogP contribution in [0.3, 0.4) is 0 Å². The van der Waals surface area contributed by atoms with E-state index in [-0.39, 0.29) is 0 Å². The molecule has 0 aliphatic heterocycles. The van der Waals surface area contributed by atoms with E-state index in [4.69, 9.17) is 23.2 Å². The third-order valence-corrected chi connectivity index (χ3v) is 3.97. The third kappa shape index (κ3) is 2.30. The van der Waals surface area contributed by atoms with E-state index in [2.05, 4.69) is 14.6 Å². The monoisotopic (exact) mass is 308 g/mol. The number of hydrogen-bond donors (Lipinski definition) is 0.